The molecule has 3 aromatic rings. The molecule has 1 atom stereocenters. The van der Waals surface area contributed by atoms with Gasteiger partial charge in [0, 0.05) is 30.1 Å². The van der Waals surface area contributed by atoms with Gasteiger partial charge in [0.25, 0.3) is 0 Å². The summed E-state index contributed by atoms with van der Waals surface area (Å²) in [4.78, 5) is 9.05. The first-order chi connectivity index (χ1) is 15.4. The highest BCUT2D eigenvalue weighted by Gasteiger charge is 2.41. The maximum Gasteiger partial charge on any atom is 0.416 e. The molecule has 2 aromatic heterocycles. The monoisotopic (exact) mass is 458 g/mol. The molecule has 0 unspecified atom stereocenters. The molecule has 0 radical (unpaired) electrons. The third kappa shape index (κ3) is 4.21. The van der Waals surface area contributed by atoms with Gasteiger partial charge in [-0.15, -0.1) is 5.10 Å². The fraction of sp³-hybridized carbons (Fsp3) is 0.458. The second kappa shape index (κ2) is 8.13. The van der Waals surface area contributed by atoms with E-state index in [0.29, 0.717) is 11.4 Å². The summed E-state index contributed by atoms with van der Waals surface area (Å²) in [7, 11) is 4.15. The molecule has 0 saturated carbocycles. The number of fused-ring (bicyclic) bond motifs is 1. The van der Waals surface area contributed by atoms with Gasteiger partial charge in [0.2, 0.25) is 0 Å². The molecule has 9 heteroatoms. The average molecular weight is 459 g/mol. The number of anilines is 2. The van der Waals surface area contributed by atoms with Crippen LogP contribution < -0.4 is 10.2 Å². The van der Waals surface area contributed by atoms with E-state index in [-0.39, 0.29) is 11.1 Å². The van der Waals surface area contributed by atoms with Gasteiger partial charge >= 0.3 is 6.18 Å². The minimum absolute atomic E-state index is 0.0969. The minimum atomic E-state index is -4.39. The first-order valence-electron chi connectivity index (χ1n) is 10.9. The second-order valence-corrected chi connectivity index (χ2v) is 9.35. The van der Waals surface area contributed by atoms with Crippen molar-refractivity contribution in [2.75, 3.05) is 37.4 Å². The Morgan fingerprint density at radius 1 is 1.12 bits per heavy atom. The van der Waals surface area contributed by atoms with Crippen molar-refractivity contribution in [3.05, 3.63) is 52.8 Å². The standard InChI is InChI=1S/C24H29F3N6/c1-14-17(8-7-9-20(14)24(25,26)27)15(2)29-22-18-10-21(28-11-19(18)16(3)30-31-22)33-12-23(4,13-33)32(5)6/h7-11,15H,12-13H2,1-6H3,(H,29,31)/t15-/m1/s1. The van der Waals surface area contributed by atoms with Crippen molar-refractivity contribution in [3.8, 4) is 0 Å². The number of aryl methyl sites for hydroxylation is 1. The van der Waals surface area contributed by atoms with Crippen LogP contribution in [0.4, 0.5) is 24.8 Å². The van der Waals surface area contributed by atoms with Gasteiger partial charge in [0.15, 0.2) is 5.82 Å². The molecule has 4 rings (SSSR count). The van der Waals surface area contributed by atoms with E-state index >= 15 is 0 Å². The average Bonchev–Trinajstić information content (AvgIpc) is 2.72. The van der Waals surface area contributed by atoms with Crippen LogP contribution in [0.2, 0.25) is 0 Å². The fourth-order valence-electron chi connectivity index (χ4n) is 4.37. The molecule has 1 N–H and O–H groups in total. The predicted molar refractivity (Wildman–Crippen MR) is 125 cm³/mol. The molecule has 1 aromatic carbocycles. The summed E-state index contributed by atoms with van der Waals surface area (Å²) in [6, 6.07) is 5.85. The van der Waals surface area contributed by atoms with Crippen LogP contribution in [0.1, 0.15) is 42.3 Å². The normalized spacial score (nSPS) is 16.7. The molecule has 0 bridgehead atoms. The summed E-state index contributed by atoms with van der Waals surface area (Å²) in [6.45, 7) is 9.13. The van der Waals surface area contributed by atoms with Crippen LogP contribution in [-0.2, 0) is 6.18 Å². The largest absolute Gasteiger partial charge is 0.416 e. The Balaban J connectivity index is 1.67. The van der Waals surface area contributed by atoms with Gasteiger partial charge in [-0.1, -0.05) is 12.1 Å². The van der Waals surface area contributed by atoms with E-state index in [1.54, 1.807) is 12.3 Å². The number of likely N-dealkylation sites (N-methyl/N-ethyl adjacent to an activating group) is 1. The van der Waals surface area contributed by atoms with E-state index < -0.39 is 17.8 Å². The van der Waals surface area contributed by atoms with Crippen LogP contribution >= 0.6 is 0 Å². The zero-order chi connectivity index (χ0) is 24.1. The topological polar surface area (TPSA) is 57.2 Å². The number of nitrogens with one attached hydrogen (secondary N) is 1. The van der Waals surface area contributed by atoms with Crippen LogP contribution in [0.15, 0.2) is 30.5 Å². The highest BCUT2D eigenvalue weighted by molar-refractivity contribution is 5.94. The summed E-state index contributed by atoms with van der Waals surface area (Å²) >= 11 is 0. The van der Waals surface area contributed by atoms with Crippen molar-refractivity contribution in [3.63, 3.8) is 0 Å². The Labute approximate surface area is 191 Å². The Morgan fingerprint density at radius 2 is 1.82 bits per heavy atom. The molecule has 176 valence electrons. The van der Waals surface area contributed by atoms with Gasteiger partial charge in [-0.2, -0.15) is 18.3 Å². The molecule has 0 aliphatic carbocycles. The van der Waals surface area contributed by atoms with Gasteiger partial charge in [0.05, 0.1) is 22.8 Å². The number of hydrogen-bond acceptors (Lipinski definition) is 6. The molecular formula is C24H29F3N6. The number of alkyl halides is 3. The maximum atomic E-state index is 13.4. The SMILES string of the molecule is Cc1c([C@@H](C)Nc2nnc(C)c3cnc(N4CC(C)(N(C)C)C4)cc23)cccc1C(F)(F)F. The maximum absolute atomic E-state index is 13.4. The molecule has 33 heavy (non-hydrogen) atoms. The van der Waals surface area contributed by atoms with Crippen molar-refractivity contribution in [2.24, 2.45) is 0 Å². The van der Waals surface area contributed by atoms with Crippen molar-refractivity contribution >= 4 is 22.4 Å². The Bertz CT molecular complexity index is 1180. The molecule has 6 nitrogen and oxygen atoms in total. The third-order valence-electron chi connectivity index (χ3n) is 6.80. The third-order valence-corrected chi connectivity index (χ3v) is 6.80. The molecule has 3 heterocycles. The van der Waals surface area contributed by atoms with E-state index in [4.69, 9.17) is 0 Å². The smallest absolute Gasteiger partial charge is 0.362 e. The minimum Gasteiger partial charge on any atom is -0.362 e. The molecule has 1 fully saturated rings. The van der Waals surface area contributed by atoms with Gasteiger partial charge in [-0.3, -0.25) is 0 Å². The van der Waals surface area contributed by atoms with E-state index in [1.807, 2.05) is 19.9 Å². The number of benzene rings is 1. The number of rotatable bonds is 5. The molecule has 1 aliphatic heterocycles. The van der Waals surface area contributed by atoms with E-state index in [2.05, 4.69) is 51.3 Å². The Kier molecular flexibility index (Phi) is 5.72. The lowest BCUT2D eigenvalue weighted by Gasteiger charge is -2.52. The van der Waals surface area contributed by atoms with E-state index in [1.165, 1.54) is 13.0 Å². The molecular weight excluding hydrogens is 429 g/mol. The van der Waals surface area contributed by atoms with Crippen molar-refractivity contribution in [1.82, 2.24) is 20.1 Å². The first kappa shape index (κ1) is 23.2. The Morgan fingerprint density at radius 3 is 2.45 bits per heavy atom. The second-order valence-electron chi connectivity index (χ2n) is 9.35. The lowest BCUT2D eigenvalue weighted by atomic mass is 9.91. The first-order valence-corrected chi connectivity index (χ1v) is 10.9. The van der Waals surface area contributed by atoms with E-state index in [0.717, 1.165) is 41.4 Å². The molecule has 1 aliphatic rings. The van der Waals surface area contributed by atoms with Gasteiger partial charge in [0.1, 0.15) is 5.82 Å². The van der Waals surface area contributed by atoms with Crippen LogP contribution in [0.5, 0.6) is 0 Å². The lowest BCUT2D eigenvalue weighted by molar-refractivity contribution is -0.138. The molecule has 0 spiro atoms. The van der Waals surface area contributed by atoms with Crippen molar-refractivity contribution in [2.45, 2.75) is 45.5 Å². The molecule has 1 saturated heterocycles. The number of halogens is 3. The van der Waals surface area contributed by atoms with Crippen molar-refractivity contribution in [1.29, 1.82) is 0 Å². The summed E-state index contributed by atoms with van der Waals surface area (Å²) in [5, 5.41) is 13.6. The van der Waals surface area contributed by atoms with Crippen LogP contribution in [0, 0.1) is 13.8 Å². The number of pyridine rings is 1. The van der Waals surface area contributed by atoms with Crippen LogP contribution in [0.25, 0.3) is 10.8 Å². The summed E-state index contributed by atoms with van der Waals surface area (Å²) in [5.41, 5.74) is 1.000. The van der Waals surface area contributed by atoms with Crippen molar-refractivity contribution < 1.29 is 13.2 Å². The Hall–Kier alpha value is -2.94. The molecule has 0 amide bonds. The number of nitrogens with zero attached hydrogens (tertiary/aromatic N) is 5. The zero-order valence-electron chi connectivity index (χ0n) is 19.7. The quantitative estimate of drug-likeness (QED) is 0.582. The summed E-state index contributed by atoms with van der Waals surface area (Å²) < 4.78 is 40.1. The van der Waals surface area contributed by atoms with Gasteiger partial charge in [-0.05, 0) is 65.0 Å². The number of aromatic nitrogens is 3. The van der Waals surface area contributed by atoms with E-state index in [9.17, 15) is 13.2 Å². The fourth-order valence-corrected chi connectivity index (χ4v) is 4.37. The van der Waals surface area contributed by atoms with Crippen LogP contribution in [-0.4, -0.2) is 52.8 Å². The highest BCUT2D eigenvalue weighted by Crippen LogP contribution is 2.36. The summed E-state index contributed by atoms with van der Waals surface area (Å²) in [5.74, 6) is 1.37. The zero-order valence-corrected chi connectivity index (χ0v) is 19.7. The van der Waals surface area contributed by atoms with Gasteiger partial charge < -0.3 is 15.1 Å². The highest BCUT2D eigenvalue weighted by atomic mass is 19.4. The summed E-state index contributed by atoms with van der Waals surface area (Å²) in [6.07, 6.45) is -2.60. The number of hydrogen-bond donors (Lipinski definition) is 1. The predicted octanol–water partition coefficient (Wildman–Crippen LogP) is 4.97. The van der Waals surface area contributed by atoms with Crippen LogP contribution in [0.3, 0.4) is 0 Å². The van der Waals surface area contributed by atoms with Gasteiger partial charge in [-0.25, -0.2) is 4.98 Å². The lowest BCUT2D eigenvalue weighted by Crippen LogP contribution is -2.67.